The maximum absolute atomic E-state index is 12.9. The number of hydrogen-bond donors (Lipinski definition) is 2. The molecular weight excluding hydrogens is 592 g/mol. The molecule has 10 nitrogen and oxygen atoms in total. The molecule has 4 aromatic rings. The number of fused-ring (bicyclic) bond motifs is 1. The molecule has 10 heteroatoms. The normalized spacial score (nSPS) is 18.4. The van der Waals surface area contributed by atoms with Crippen LogP contribution in [0.4, 0.5) is 9.59 Å². The number of aromatic nitrogens is 4. The number of nitrogens with one attached hydrogen (secondary N) is 2. The van der Waals surface area contributed by atoms with Gasteiger partial charge < -0.3 is 19.4 Å². The fraction of sp³-hybridized carbons (Fsp3) is 0.405. The highest BCUT2D eigenvalue weighted by Gasteiger charge is 2.37. The number of imidazole rings is 2. The summed E-state index contributed by atoms with van der Waals surface area (Å²) in [5.74, 6) is 7.98. The Bertz CT molecular complexity index is 1880. The van der Waals surface area contributed by atoms with Gasteiger partial charge in [0.25, 0.3) is 0 Å². The number of carbonyl (C=O) groups excluding carboxylic acids is 2. The summed E-state index contributed by atoms with van der Waals surface area (Å²) in [5.41, 5.74) is 5.09. The van der Waals surface area contributed by atoms with E-state index in [0.717, 1.165) is 57.7 Å². The van der Waals surface area contributed by atoms with Crippen LogP contribution in [0.25, 0.3) is 22.3 Å². The molecule has 2 saturated heterocycles. The molecule has 0 spiro atoms. The van der Waals surface area contributed by atoms with E-state index in [-0.39, 0.29) is 24.3 Å². The molecule has 47 heavy (non-hydrogen) atoms. The molecule has 0 radical (unpaired) electrons. The lowest BCUT2D eigenvalue weighted by Crippen LogP contribution is -2.36. The Hall–Kier alpha value is -5.04. The Balaban J connectivity index is 1.14. The van der Waals surface area contributed by atoms with Crippen molar-refractivity contribution in [3.05, 3.63) is 83.6 Å². The number of nitrogens with zero attached hydrogens (tertiary/aromatic N) is 4. The van der Waals surface area contributed by atoms with E-state index in [1.807, 2.05) is 90.2 Å². The fourth-order valence-electron chi connectivity index (χ4n) is 5.94. The topological polar surface area (TPSA) is 116 Å². The van der Waals surface area contributed by atoms with Gasteiger partial charge in [0.1, 0.15) is 22.9 Å². The van der Waals surface area contributed by atoms with Crippen molar-refractivity contribution in [2.75, 3.05) is 13.1 Å². The van der Waals surface area contributed by atoms with Crippen molar-refractivity contribution in [1.82, 2.24) is 29.7 Å². The number of H-pyrrole nitrogens is 2. The molecule has 2 aliphatic rings. The van der Waals surface area contributed by atoms with E-state index in [9.17, 15) is 9.59 Å². The second-order valence-electron chi connectivity index (χ2n) is 14.3. The van der Waals surface area contributed by atoms with E-state index in [4.69, 9.17) is 14.5 Å². The van der Waals surface area contributed by atoms with Gasteiger partial charge >= 0.3 is 12.2 Å². The molecule has 244 valence electrons. The van der Waals surface area contributed by atoms with Gasteiger partial charge in [-0.3, -0.25) is 9.80 Å². The molecule has 2 amide bonds. The van der Waals surface area contributed by atoms with Crippen LogP contribution in [0, 0.1) is 11.8 Å². The minimum absolute atomic E-state index is 0.131. The predicted octanol–water partition coefficient (Wildman–Crippen LogP) is 7.66. The highest BCUT2D eigenvalue weighted by molar-refractivity contribution is 5.78. The highest BCUT2D eigenvalue weighted by atomic mass is 16.6. The predicted molar refractivity (Wildman–Crippen MR) is 180 cm³/mol. The Morgan fingerprint density at radius 2 is 1.53 bits per heavy atom. The Morgan fingerprint density at radius 3 is 2.23 bits per heavy atom. The van der Waals surface area contributed by atoms with E-state index in [1.165, 1.54) is 0 Å². The third kappa shape index (κ3) is 7.35. The molecule has 2 N–H and O–H groups in total. The molecule has 2 aromatic heterocycles. The SMILES string of the molecule is C=C1CC(c2nc3ccc(C#Cc4ccc(-c5cnc(C6CCCN6C(=O)OC(C)(C)C)[nH]5)cc4)cc3[nH]2)N(C(=O)OC(C)(C)C)C1. The second-order valence-corrected chi connectivity index (χ2v) is 14.3. The van der Waals surface area contributed by atoms with Crippen molar-refractivity contribution < 1.29 is 19.1 Å². The lowest BCUT2D eigenvalue weighted by molar-refractivity contribution is 0.0210. The van der Waals surface area contributed by atoms with E-state index in [0.29, 0.717) is 25.3 Å². The number of rotatable bonds is 3. The van der Waals surface area contributed by atoms with Gasteiger partial charge in [-0.15, -0.1) is 0 Å². The van der Waals surface area contributed by atoms with Gasteiger partial charge in [-0.25, -0.2) is 19.6 Å². The number of amides is 2. The lowest BCUT2D eigenvalue weighted by atomic mass is 10.1. The van der Waals surface area contributed by atoms with Crippen LogP contribution < -0.4 is 0 Å². The van der Waals surface area contributed by atoms with E-state index in [1.54, 1.807) is 9.80 Å². The maximum atomic E-state index is 12.9. The number of ether oxygens (including phenoxy) is 2. The van der Waals surface area contributed by atoms with Crippen molar-refractivity contribution in [2.24, 2.45) is 0 Å². The van der Waals surface area contributed by atoms with Gasteiger partial charge in [-0.2, -0.15) is 0 Å². The van der Waals surface area contributed by atoms with Crippen LogP contribution in [0.3, 0.4) is 0 Å². The monoisotopic (exact) mass is 634 g/mol. The van der Waals surface area contributed by atoms with E-state index in [2.05, 4.69) is 33.4 Å². The Labute approximate surface area is 275 Å². The lowest BCUT2D eigenvalue weighted by Gasteiger charge is -2.27. The summed E-state index contributed by atoms with van der Waals surface area (Å²) in [6.45, 7) is 16.4. The molecule has 0 saturated carbocycles. The van der Waals surface area contributed by atoms with Crippen molar-refractivity contribution in [3.63, 3.8) is 0 Å². The zero-order valence-corrected chi connectivity index (χ0v) is 27.9. The van der Waals surface area contributed by atoms with Crippen LogP contribution in [0.5, 0.6) is 0 Å². The van der Waals surface area contributed by atoms with Crippen molar-refractivity contribution >= 4 is 23.2 Å². The minimum atomic E-state index is -0.585. The number of aromatic amines is 2. The zero-order valence-electron chi connectivity index (χ0n) is 27.9. The number of carbonyl (C=O) groups is 2. The average Bonchev–Trinajstić information content (AvgIpc) is 3.79. The van der Waals surface area contributed by atoms with Gasteiger partial charge in [0, 0.05) is 24.2 Å². The van der Waals surface area contributed by atoms with Gasteiger partial charge in [-0.1, -0.05) is 36.1 Å². The first-order valence-corrected chi connectivity index (χ1v) is 16.1. The molecule has 2 aliphatic heterocycles. The van der Waals surface area contributed by atoms with Crippen LogP contribution in [0.15, 0.2) is 60.8 Å². The van der Waals surface area contributed by atoms with Crippen molar-refractivity contribution in [2.45, 2.75) is 84.1 Å². The van der Waals surface area contributed by atoms with Gasteiger partial charge in [0.2, 0.25) is 0 Å². The summed E-state index contributed by atoms with van der Waals surface area (Å²) in [7, 11) is 0. The van der Waals surface area contributed by atoms with Crippen molar-refractivity contribution in [3.8, 4) is 23.1 Å². The summed E-state index contributed by atoms with van der Waals surface area (Å²) in [4.78, 5) is 45.3. The quantitative estimate of drug-likeness (QED) is 0.177. The standard InChI is InChI=1S/C37H42N6O4/c1-23-19-31(43(22-23)35(45)47-37(5,6)7)33-39-27-17-14-25(20-28(27)40-33)11-10-24-12-15-26(16-13-24)29-21-38-32(41-29)30-9-8-18-42(30)34(44)46-36(2,3)4/h12-17,20-21,30-31H,1,8-9,18-19,22H2,2-7H3,(H,38,41)(H,39,40). The second kappa shape index (κ2) is 12.3. The van der Waals surface area contributed by atoms with Crippen LogP contribution in [0.2, 0.25) is 0 Å². The number of likely N-dealkylation sites (tertiary alicyclic amines) is 2. The molecule has 2 unspecified atom stereocenters. The smallest absolute Gasteiger partial charge is 0.411 e. The number of hydrogen-bond acceptors (Lipinski definition) is 6. The first-order chi connectivity index (χ1) is 22.2. The third-order valence-corrected chi connectivity index (χ3v) is 8.04. The molecule has 6 rings (SSSR count). The summed E-state index contributed by atoms with van der Waals surface area (Å²) < 4.78 is 11.2. The molecule has 2 atom stereocenters. The highest BCUT2D eigenvalue weighted by Crippen LogP contribution is 2.35. The van der Waals surface area contributed by atoms with Gasteiger partial charge in [0.05, 0.1) is 35.0 Å². The first-order valence-electron chi connectivity index (χ1n) is 16.1. The maximum Gasteiger partial charge on any atom is 0.411 e. The number of benzene rings is 2. The molecular formula is C37H42N6O4. The minimum Gasteiger partial charge on any atom is -0.444 e. The zero-order chi connectivity index (χ0) is 33.5. The third-order valence-electron chi connectivity index (χ3n) is 8.04. The molecule has 2 aromatic carbocycles. The first kappa shape index (κ1) is 31.9. The largest absolute Gasteiger partial charge is 0.444 e. The molecule has 0 aliphatic carbocycles. The summed E-state index contributed by atoms with van der Waals surface area (Å²) in [6, 6.07) is 13.5. The Morgan fingerprint density at radius 1 is 0.872 bits per heavy atom. The molecule has 4 heterocycles. The van der Waals surface area contributed by atoms with Gasteiger partial charge in [-0.05, 0) is 96.7 Å². The van der Waals surface area contributed by atoms with Gasteiger partial charge in [0.15, 0.2) is 0 Å². The summed E-state index contributed by atoms with van der Waals surface area (Å²) in [6.07, 6.45) is 3.51. The Kier molecular flexibility index (Phi) is 8.35. The average molecular weight is 635 g/mol. The van der Waals surface area contributed by atoms with Crippen LogP contribution in [-0.2, 0) is 9.47 Å². The summed E-state index contributed by atoms with van der Waals surface area (Å²) in [5, 5.41) is 0. The summed E-state index contributed by atoms with van der Waals surface area (Å²) >= 11 is 0. The van der Waals surface area contributed by atoms with E-state index >= 15 is 0 Å². The van der Waals surface area contributed by atoms with Crippen molar-refractivity contribution in [1.29, 1.82) is 0 Å². The molecule has 2 fully saturated rings. The van der Waals surface area contributed by atoms with Crippen LogP contribution >= 0.6 is 0 Å². The van der Waals surface area contributed by atoms with Crippen LogP contribution in [-0.4, -0.2) is 66.2 Å². The van der Waals surface area contributed by atoms with E-state index < -0.39 is 11.2 Å². The fourth-order valence-corrected chi connectivity index (χ4v) is 5.94. The molecule has 0 bridgehead atoms. The van der Waals surface area contributed by atoms with Crippen LogP contribution in [0.1, 0.15) is 95.7 Å².